The van der Waals surface area contributed by atoms with Crippen LogP contribution in [0.25, 0.3) is 0 Å². The van der Waals surface area contributed by atoms with Crippen LogP contribution in [-0.4, -0.2) is 37.3 Å². The third kappa shape index (κ3) is 1.67. The van der Waals surface area contributed by atoms with E-state index in [-0.39, 0.29) is 5.54 Å². The van der Waals surface area contributed by atoms with E-state index in [4.69, 9.17) is 4.74 Å². The number of hydrogen-bond donors (Lipinski definition) is 1. The van der Waals surface area contributed by atoms with E-state index in [1.807, 2.05) is 6.07 Å². The molecule has 1 N–H and O–H groups in total. The lowest BCUT2D eigenvalue weighted by Gasteiger charge is -2.36. The van der Waals surface area contributed by atoms with Crippen molar-refractivity contribution in [3.05, 3.63) is 18.3 Å². The number of hydrogen-bond acceptors (Lipinski definition) is 4. The predicted octanol–water partition coefficient (Wildman–Crippen LogP) is 1.52. The molecule has 0 radical (unpaired) electrons. The summed E-state index contributed by atoms with van der Waals surface area (Å²) in [5, 5.41) is 3.50. The molecule has 2 unspecified atom stereocenters. The summed E-state index contributed by atoms with van der Waals surface area (Å²) in [6, 6.07) is 4.06. The molecule has 4 heteroatoms. The highest BCUT2D eigenvalue weighted by Gasteiger charge is 2.49. The smallest absolute Gasteiger partial charge is 0.137 e. The maximum Gasteiger partial charge on any atom is 0.137 e. The molecule has 0 amide bonds. The maximum absolute atomic E-state index is 5.17. The van der Waals surface area contributed by atoms with Crippen molar-refractivity contribution in [2.24, 2.45) is 11.8 Å². The van der Waals surface area contributed by atoms with Gasteiger partial charge < -0.3 is 15.0 Å². The van der Waals surface area contributed by atoms with Gasteiger partial charge in [-0.1, -0.05) is 0 Å². The Morgan fingerprint density at radius 1 is 1.39 bits per heavy atom. The van der Waals surface area contributed by atoms with E-state index in [0.29, 0.717) is 0 Å². The Kier molecular flexibility index (Phi) is 2.70. The fraction of sp³-hybridized carbons (Fsp3) is 0.643. The van der Waals surface area contributed by atoms with Crippen molar-refractivity contribution in [3.8, 4) is 5.75 Å². The van der Waals surface area contributed by atoms with Crippen LogP contribution in [0.4, 0.5) is 5.82 Å². The predicted molar refractivity (Wildman–Crippen MR) is 72.1 cm³/mol. The number of nitrogens with one attached hydrogen (secondary N) is 1. The second-order valence-corrected chi connectivity index (χ2v) is 5.85. The molecule has 2 fully saturated rings. The third-order valence-electron chi connectivity index (χ3n) is 4.59. The first-order chi connectivity index (χ1) is 8.63. The number of methoxy groups -OCH3 is 1. The van der Waals surface area contributed by atoms with Crippen LogP contribution in [-0.2, 0) is 0 Å². The summed E-state index contributed by atoms with van der Waals surface area (Å²) in [5.74, 6) is 3.36. The number of aromatic nitrogens is 1. The van der Waals surface area contributed by atoms with Crippen LogP contribution in [0.2, 0.25) is 0 Å². The van der Waals surface area contributed by atoms with Crippen LogP contribution < -0.4 is 15.0 Å². The molecule has 2 aliphatic heterocycles. The summed E-state index contributed by atoms with van der Waals surface area (Å²) < 4.78 is 5.17. The highest BCUT2D eigenvalue weighted by Crippen LogP contribution is 2.42. The van der Waals surface area contributed by atoms with E-state index in [1.54, 1.807) is 13.3 Å². The molecule has 2 aliphatic rings. The number of ether oxygens (including phenoxy) is 1. The number of anilines is 1. The highest BCUT2D eigenvalue weighted by molar-refractivity contribution is 5.46. The Labute approximate surface area is 108 Å². The summed E-state index contributed by atoms with van der Waals surface area (Å²) >= 11 is 0. The molecule has 3 heterocycles. The minimum absolute atomic E-state index is 0.176. The molecule has 0 bridgehead atoms. The first-order valence-corrected chi connectivity index (χ1v) is 6.61. The topological polar surface area (TPSA) is 37.4 Å². The normalized spacial score (nSPS) is 29.4. The summed E-state index contributed by atoms with van der Waals surface area (Å²) in [6.45, 7) is 8.03. The van der Waals surface area contributed by atoms with Crippen molar-refractivity contribution in [1.29, 1.82) is 0 Å². The Morgan fingerprint density at radius 3 is 2.83 bits per heavy atom. The van der Waals surface area contributed by atoms with Crippen LogP contribution in [0.1, 0.15) is 13.8 Å². The van der Waals surface area contributed by atoms with Crippen molar-refractivity contribution in [1.82, 2.24) is 10.3 Å². The van der Waals surface area contributed by atoms with Gasteiger partial charge in [-0.25, -0.2) is 4.98 Å². The average molecular weight is 247 g/mol. The molecular formula is C14H21N3O. The zero-order valence-corrected chi connectivity index (χ0v) is 11.3. The first kappa shape index (κ1) is 11.8. The van der Waals surface area contributed by atoms with E-state index in [1.165, 1.54) is 0 Å². The summed E-state index contributed by atoms with van der Waals surface area (Å²) in [6.07, 6.45) is 1.80. The summed E-state index contributed by atoms with van der Waals surface area (Å²) in [4.78, 5) is 6.98. The van der Waals surface area contributed by atoms with E-state index in [2.05, 4.69) is 35.1 Å². The van der Waals surface area contributed by atoms with Crippen LogP contribution in [0, 0.1) is 11.8 Å². The SMILES string of the molecule is COc1ccc(N2CC3CNCC3C2(C)C)nc1. The summed E-state index contributed by atoms with van der Waals surface area (Å²) in [5.41, 5.74) is 0.176. The molecular weight excluding hydrogens is 226 g/mol. The maximum atomic E-state index is 5.17. The van der Waals surface area contributed by atoms with E-state index in [0.717, 1.165) is 43.0 Å². The number of nitrogens with zero attached hydrogens (tertiary/aromatic N) is 2. The van der Waals surface area contributed by atoms with Gasteiger partial charge in [0, 0.05) is 25.2 Å². The second-order valence-electron chi connectivity index (χ2n) is 5.85. The van der Waals surface area contributed by atoms with Gasteiger partial charge in [-0.2, -0.15) is 0 Å². The quantitative estimate of drug-likeness (QED) is 0.860. The number of pyridine rings is 1. The minimum Gasteiger partial charge on any atom is -0.495 e. The number of fused-ring (bicyclic) bond motifs is 1. The number of rotatable bonds is 2. The van der Waals surface area contributed by atoms with E-state index in [9.17, 15) is 0 Å². The van der Waals surface area contributed by atoms with Crippen LogP contribution >= 0.6 is 0 Å². The van der Waals surface area contributed by atoms with Gasteiger partial charge in [0.25, 0.3) is 0 Å². The molecule has 0 aromatic carbocycles. The molecule has 2 saturated heterocycles. The van der Waals surface area contributed by atoms with E-state index >= 15 is 0 Å². The molecule has 18 heavy (non-hydrogen) atoms. The van der Waals surface area contributed by atoms with E-state index < -0.39 is 0 Å². The van der Waals surface area contributed by atoms with Crippen molar-refractivity contribution < 1.29 is 4.74 Å². The molecule has 4 nitrogen and oxygen atoms in total. The van der Waals surface area contributed by atoms with Crippen molar-refractivity contribution in [2.75, 3.05) is 31.6 Å². The second kappa shape index (κ2) is 4.12. The average Bonchev–Trinajstić information content (AvgIpc) is 2.92. The molecule has 0 spiro atoms. The Balaban J connectivity index is 1.87. The zero-order valence-electron chi connectivity index (χ0n) is 11.3. The van der Waals surface area contributed by atoms with Crippen molar-refractivity contribution in [2.45, 2.75) is 19.4 Å². The Hall–Kier alpha value is -1.29. The largest absolute Gasteiger partial charge is 0.495 e. The molecule has 1 aromatic rings. The van der Waals surface area contributed by atoms with Gasteiger partial charge in [-0.3, -0.25) is 0 Å². The zero-order chi connectivity index (χ0) is 12.8. The lowest BCUT2D eigenvalue weighted by molar-refractivity contribution is 0.356. The third-order valence-corrected chi connectivity index (χ3v) is 4.59. The molecule has 1 aromatic heterocycles. The van der Waals surface area contributed by atoms with Crippen molar-refractivity contribution in [3.63, 3.8) is 0 Å². The van der Waals surface area contributed by atoms with Crippen molar-refractivity contribution >= 4 is 5.82 Å². The standard InChI is InChI=1S/C14H21N3O/c1-14(2)12-8-15-6-10(12)9-17(14)13-5-4-11(18-3)7-16-13/h4-5,7,10,12,15H,6,8-9H2,1-3H3. The van der Waals surface area contributed by atoms with Crippen LogP contribution in [0.5, 0.6) is 5.75 Å². The fourth-order valence-corrected chi connectivity index (χ4v) is 3.46. The van der Waals surface area contributed by atoms with Gasteiger partial charge >= 0.3 is 0 Å². The van der Waals surface area contributed by atoms with Gasteiger partial charge in [-0.05, 0) is 37.8 Å². The summed E-state index contributed by atoms with van der Waals surface area (Å²) in [7, 11) is 1.67. The van der Waals surface area contributed by atoms with Gasteiger partial charge in [-0.15, -0.1) is 0 Å². The van der Waals surface area contributed by atoms with Crippen LogP contribution in [0.15, 0.2) is 18.3 Å². The minimum atomic E-state index is 0.176. The van der Waals surface area contributed by atoms with Gasteiger partial charge in [0.15, 0.2) is 0 Å². The van der Waals surface area contributed by atoms with Gasteiger partial charge in [0.1, 0.15) is 11.6 Å². The van der Waals surface area contributed by atoms with Gasteiger partial charge in [0.2, 0.25) is 0 Å². The molecule has 3 rings (SSSR count). The molecule has 98 valence electrons. The fourth-order valence-electron chi connectivity index (χ4n) is 3.46. The molecule has 0 aliphatic carbocycles. The Morgan fingerprint density at radius 2 is 2.22 bits per heavy atom. The lowest BCUT2D eigenvalue weighted by atomic mass is 9.85. The first-order valence-electron chi connectivity index (χ1n) is 6.61. The van der Waals surface area contributed by atoms with Gasteiger partial charge in [0.05, 0.1) is 13.3 Å². The highest BCUT2D eigenvalue weighted by atomic mass is 16.5. The molecule has 0 saturated carbocycles. The lowest BCUT2D eigenvalue weighted by Crippen LogP contribution is -2.45. The molecule has 2 atom stereocenters. The Bertz CT molecular complexity index is 429. The monoisotopic (exact) mass is 247 g/mol. The van der Waals surface area contributed by atoms with Crippen LogP contribution in [0.3, 0.4) is 0 Å².